The average molecular weight is 453 g/mol. The molecule has 1 rings (SSSR count). The van der Waals surface area contributed by atoms with Gasteiger partial charge in [-0.1, -0.05) is 32.4 Å². The lowest BCUT2D eigenvalue weighted by molar-refractivity contribution is -0.142. The molecule has 11 heteroatoms. The van der Waals surface area contributed by atoms with Gasteiger partial charge >= 0.3 is 5.97 Å². The Morgan fingerprint density at radius 2 is 1.56 bits per heavy atom. The number of nitrogens with one attached hydrogen (secondary N) is 3. The smallest absolute Gasteiger partial charge is 0.325 e. The van der Waals surface area contributed by atoms with E-state index in [1.807, 2.05) is 6.92 Å². The maximum absolute atomic E-state index is 12.8. The van der Waals surface area contributed by atoms with E-state index in [2.05, 4.69) is 16.0 Å². The fourth-order valence-electron chi connectivity index (χ4n) is 2.77. The second-order valence-corrected chi connectivity index (χ2v) is 7.66. The average Bonchev–Trinajstić information content (AvgIpc) is 2.75. The predicted molar refractivity (Wildman–Crippen MR) is 115 cm³/mol. The third kappa shape index (κ3) is 8.16. The predicted octanol–water partition coefficient (Wildman–Crippen LogP) is -1.14. The SMILES string of the molecule is CCC(C)C(NC(=O)C(N)Cc1ccc(O)cc1)C(=O)NC(CO)C(=O)NC(C)C(=O)O. The number of carbonyl (C=O) groups excluding carboxylic acids is 3. The molecule has 0 fully saturated rings. The van der Waals surface area contributed by atoms with E-state index in [1.54, 1.807) is 19.1 Å². The number of benzene rings is 1. The molecule has 0 bridgehead atoms. The summed E-state index contributed by atoms with van der Waals surface area (Å²) in [6.07, 6.45) is 0.702. The highest BCUT2D eigenvalue weighted by Gasteiger charge is 2.31. The van der Waals surface area contributed by atoms with Crippen LogP contribution >= 0.6 is 0 Å². The third-order valence-corrected chi connectivity index (χ3v) is 5.07. The number of phenolic OH excluding ortho intramolecular Hbond substituents is 1. The van der Waals surface area contributed by atoms with E-state index in [9.17, 15) is 29.4 Å². The van der Waals surface area contributed by atoms with Crippen LogP contribution in [0.5, 0.6) is 5.75 Å². The molecule has 1 aromatic carbocycles. The number of nitrogens with two attached hydrogens (primary N) is 1. The van der Waals surface area contributed by atoms with E-state index in [-0.39, 0.29) is 18.1 Å². The largest absolute Gasteiger partial charge is 0.508 e. The van der Waals surface area contributed by atoms with E-state index >= 15 is 0 Å². The molecule has 0 spiro atoms. The maximum atomic E-state index is 12.8. The van der Waals surface area contributed by atoms with Crippen LogP contribution in [-0.2, 0) is 25.6 Å². The molecule has 0 saturated heterocycles. The minimum atomic E-state index is -1.39. The molecule has 0 heterocycles. The van der Waals surface area contributed by atoms with Gasteiger partial charge in [0, 0.05) is 0 Å². The number of carboxylic acid groups (broad SMARTS) is 1. The van der Waals surface area contributed by atoms with Crippen molar-refractivity contribution in [2.24, 2.45) is 11.7 Å². The summed E-state index contributed by atoms with van der Waals surface area (Å²) in [6, 6.07) is 1.61. The van der Waals surface area contributed by atoms with Crippen LogP contribution in [0.4, 0.5) is 0 Å². The fourth-order valence-corrected chi connectivity index (χ4v) is 2.77. The lowest BCUT2D eigenvalue weighted by atomic mass is 9.97. The van der Waals surface area contributed by atoms with Crippen molar-refractivity contribution in [3.63, 3.8) is 0 Å². The molecule has 11 nitrogen and oxygen atoms in total. The quantitative estimate of drug-likeness (QED) is 0.207. The van der Waals surface area contributed by atoms with Gasteiger partial charge in [0.2, 0.25) is 17.7 Å². The molecule has 178 valence electrons. The highest BCUT2D eigenvalue weighted by atomic mass is 16.4. The first kappa shape index (κ1) is 26.9. The molecule has 8 N–H and O–H groups in total. The molecule has 0 aromatic heterocycles. The Morgan fingerprint density at radius 3 is 2.06 bits per heavy atom. The zero-order valence-corrected chi connectivity index (χ0v) is 18.4. The van der Waals surface area contributed by atoms with Crippen LogP contribution in [0.2, 0.25) is 0 Å². The lowest BCUT2D eigenvalue weighted by Gasteiger charge is -2.27. The minimum Gasteiger partial charge on any atom is -0.508 e. The van der Waals surface area contributed by atoms with Crippen LogP contribution in [0, 0.1) is 5.92 Å². The van der Waals surface area contributed by atoms with Crippen molar-refractivity contribution in [2.75, 3.05) is 6.61 Å². The standard InChI is InChI=1S/C21H32N4O7/c1-4-11(2)17(20(30)24-16(10-26)19(29)23-12(3)21(31)32)25-18(28)15(22)9-13-5-7-14(27)8-6-13/h5-8,11-12,15-17,26-27H,4,9-10,22H2,1-3H3,(H,23,29)(H,24,30)(H,25,28)(H,31,32). The molecule has 0 aliphatic carbocycles. The number of phenols is 1. The van der Waals surface area contributed by atoms with E-state index < -0.39 is 54.5 Å². The van der Waals surface area contributed by atoms with E-state index in [1.165, 1.54) is 19.1 Å². The van der Waals surface area contributed by atoms with Crippen LogP contribution in [0.3, 0.4) is 0 Å². The highest BCUT2D eigenvalue weighted by Crippen LogP contribution is 2.12. The van der Waals surface area contributed by atoms with Gasteiger partial charge in [-0.3, -0.25) is 19.2 Å². The first-order valence-electron chi connectivity index (χ1n) is 10.3. The summed E-state index contributed by atoms with van der Waals surface area (Å²) in [5, 5.41) is 34.8. The summed E-state index contributed by atoms with van der Waals surface area (Å²) in [6.45, 7) is 4.04. The summed E-state index contributed by atoms with van der Waals surface area (Å²) < 4.78 is 0. The van der Waals surface area contributed by atoms with Crippen molar-refractivity contribution in [1.82, 2.24) is 16.0 Å². The Balaban J connectivity index is 2.83. The first-order chi connectivity index (χ1) is 15.0. The number of rotatable bonds is 12. The third-order valence-electron chi connectivity index (χ3n) is 5.07. The Kier molecular flexibility index (Phi) is 10.6. The second kappa shape index (κ2) is 12.6. The number of aliphatic carboxylic acids is 1. The van der Waals surface area contributed by atoms with Gasteiger partial charge in [0.1, 0.15) is 23.9 Å². The molecule has 0 aliphatic rings. The monoisotopic (exact) mass is 452 g/mol. The molecular formula is C21H32N4O7. The molecule has 3 amide bonds. The first-order valence-corrected chi connectivity index (χ1v) is 10.3. The molecule has 5 unspecified atom stereocenters. The number of hydrogen-bond donors (Lipinski definition) is 7. The van der Waals surface area contributed by atoms with Crippen LogP contribution in [0.15, 0.2) is 24.3 Å². The van der Waals surface area contributed by atoms with Gasteiger partial charge in [0.15, 0.2) is 0 Å². The van der Waals surface area contributed by atoms with E-state index in [0.29, 0.717) is 6.42 Å². The van der Waals surface area contributed by atoms with E-state index in [4.69, 9.17) is 10.8 Å². The van der Waals surface area contributed by atoms with E-state index in [0.717, 1.165) is 5.56 Å². The number of hydrogen-bond acceptors (Lipinski definition) is 7. The number of carbonyl (C=O) groups is 4. The van der Waals surface area contributed by atoms with Crippen LogP contribution < -0.4 is 21.7 Å². The maximum Gasteiger partial charge on any atom is 0.325 e. The Bertz CT molecular complexity index is 800. The number of aliphatic hydroxyl groups excluding tert-OH is 1. The molecule has 32 heavy (non-hydrogen) atoms. The van der Waals surface area contributed by atoms with Gasteiger partial charge < -0.3 is 37.0 Å². The zero-order chi connectivity index (χ0) is 24.4. The Morgan fingerprint density at radius 1 is 0.969 bits per heavy atom. The zero-order valence-electron chi connectivity index (χ0n) is 18.4. The minimum absolute atomic E-state index is 0.0838. The van der Waals surface area contributed by atoms with Gasteiger partial charge in [-0.05, 0) is 37.0 Å². The van der Waals surface area contributed by atoms with Crippen molar-refractivity contribution in [2.45, 2.75) is 57.8 Å². The molecule has 0 saturated carbocycles. The second-order valence-electron chi connectivity index (χ2n) is 7.66. The molecule has 1 aromatic rings. The van der Waals surface area contributed by atoms with Crippen molar-refractivity contribution < 1.29 is 34.5 Å². The summed E-state index contributed by atoms with van der Waals surface area (Å²) in [4.78, 5) is 48.5. The molecular weight excluding hydrogens is 420 g/mol. The van der Waals surface area contributed by atoms with Crippen molar-refractivity contribution in [3.8, 4) is 5.75 Å². The summed E-state index contributed by atoms with van der Waals surface area (Å²) >= 11 is 0. The fraction of sp³-hybridized carbons (Fsp3) is 0.524. The normalized spacial score (nSPS) is 15.5. The van der Waals surface area contributed by atoms with Gasteiger partial charge in [-0.25, -0.2) is 0 Å². The van der Waals surface area contributed by atoms with Gasteiger partial charge in [0.05, 0.1) is 12.6 Å². The highest BCUT2D eigenvalue weighted by molar-refractivity contribution is 5.94. The van der Waals surface area contributed by atoms with Crippen molar-refractivity contribution in [1.29, 1.82) is 0 Å². The van der Waals surface area contributed by atoms with Crippen LogP contribution in [-0.4, -0.2) is 69.8 Å². The number of amides is 3. The molecule has 0 radical (unpaired) electrons. The summed E-state index contributed by atoms with van der Waals surface area (Å²) in [5.41, 5.74) is 6.69. The molecule has 0 aliphatic heterocycles. The van der Waals surface area contributed by atoms with Crippen molar-refractivity contribution in [3.05, 3.63) is 29.8 Å². The van der Waals surface area contributed by atoms with Crippen LogP contribution in [0.1, 0.15) is 32.8 Å². The van der Waals surface area contributed by atoms with Gasteiger partial charge in [-0.15, -0.1) is 0 Å². The Hall–Kier alpha value is -3.18. The van der Waals surface area contributed by atoms with Gasteiger partial charge in [-0.2, -0.15) is 0 Å². The lowest BCUT2D eigenvalue weighted by Crippen LogP contribution is -2.59. The topological polar surface area (TPSA) is 191 Å². The number of aliphatic hydroxyl groups is 1. The number of carboxylic acids is 1. The van der Waals surface area contributed by atoms with Crippen LogP contribution in [0.25, 0.3) is 0 Å². The summed E-state index contributed by atoms with van der Waals surface area (Å²) in [7, 11) is 0. The van der Waals surface area contributed by atoms with Crippen molar-refractivity contribution >= 4 is 23.7 Å². The van der Waals surface area contributed by atoms with Gasteiger partial charge in [0.25, 0.3) is 0 Å². The number of aromatic hydroxyl groups is 1. The molecule has 5 atom stereocenters. The summed E-state index contributed by atoms with van der Waals surface area (Å²) in [5.74, 6) is -3.66. The Labute approximate surface area is 186 Å².